The van der Waals surface area contributed by atoms with E-state index in [0.29, 0.717) is 10.6 Å². The van der Waals surface area contributed by atoms with Gasteiger partial charge in [-0.15, -0.1) is 0 Å². The lowest BCUT2D eigenvalue weighted by Crippen LogP contribution is -2.27. The number of primary sulfonamides is 1. The molecule has 0 aromatic heterocycles. The van der Waals surface area contributed by atoms with Crippen molar-refractivity contribution in [1.29, 1.82) is 0 Å². The number of nitrogens with one attached hydrogen (secondary N) is 1. The number of rotatable bonds is 5. The van der Waals surface area contributed by atoms with Crippen LogP contribution in [0.25, 0.3) is 0 Å². The van der Waals surface area contributed by atoms with Crippen LogP contribution in [0.5, 0.6) is 0 Å². The number of hydrogen-bond donors (Lipinski definition) is 2. The molecule has 1 rings (SSSR count). The van der Waals surface area contributed by atoms with E-state index in [4.69, 9.17) is 16.7 Å². The number of sulfonamides is 1. The second kappa shape index (κ2) is 6.00. The highest BCUT2D eigenvalue weighted by atomic mass is 35.5. The third-order valence-electron chi connectivity index (χ3n) is 2.00. The lowest BCUT2D eigenvalue weighted by molar-refractivity contribution is 0.0953. The first-order chi connectivity index (χ1) is 7.88. The minimum atomic E-state index is -3.46. The van der Waals surface area contributed by atoms with Crippen molar-refractivity contribution in [1.82, 2.24) is 5.32 Å². The molecule has 17 heavy (non-hydrogen) atoms. The molecule has 0 unspecified atom stereocenters. The van der Waals surface area contributed by atoms with E-state index in [-0.39, 0.29) is 24.6 Å². The molecule has 0 spiro atoms. The molecule has 5 nitrogen and oxygen atoms in total. The summed E-state index contributed by atoms with van der Waals surface area (Å²) >= 11 is 5.68. The van der Waals surface area contributed by atoms with Gasteiger partial charge in [-0.3, -0.25) is 4.79 Å². The highest BCUT2D eigenvalue weighted by molar-refractivity contribution is 7.89. The van der Waals surface area contributed by atoms with Gasteiger partial charge < -0.3 is 5.32 Å². The molecule has 1 aromatic carbocycles. The van der Waals surface area contributed by atoms with Crippen molar-refractivity contribution in [2.75, 3.05) is 12.3 Å². The van der Waals surface area contributed by atoms with Crippen LogP contribution >= 0.6 is 11.6 Å². The van der Waals surface area contributed by atoms with E-state index < -0.39 is 10.0 Å². The summed E-state index contributed by atoms with van der Waals surface area (Å²) in [6, 6.07) is 6.41. The normalized spacial score (nSPS) is 11.2. The summed E-state index contributed by atoms with van der Waals surface area (Å²) in [5, 5.41) is 7.97. The molecule has 1 aromatic rings. The molecular formula is C10H13ClN2O3S. The molecule has 3 N–H and O–H groups in total. The second-order valence-electron chi connectivity index (χ2n) is 3.48. The summed E-state index contributed by atoms with van der Waals surface area (Å²) in [7, 11) is -3.46. The zero-order valence-electron chi connectivity index (χ0n) is 9.02. The monoisotopic (exact) mass is 276 g/mol. The van der Waals surface area contributed by atoms with E-state index in [2.05, 4.69) is 5.32 Å². The number of amides is 1. The van der Waals surface area contributed by atoms with Crippen LogP contribution in [-0.2, 0) is 10.0 Å². The van der Waals surface area contributed by atoms with Crippen molar-refractivity contribution < 1.29 is 13.2 Å². The van der Waals surface area contributed by atoms with Gasteiger partial charge in [0.1, 0.15) is 0 Å². The highest BCUT2D eigenvalue weighted by Crippen LogP contribution is 2.09. The predicted octanol–water partition coefficient (Wildman–Crippen LogP) is 0.748. The third kappa shape index (κ3) is 5.67. The Labute approximate surface area is 105 Å². The summed E-state index contributed by atoms with van der Waals surface area (Å²) in [6.45, 7) is 0.262. The molecule has 94 valence electrons. The van der Waals surface area contributed by atoms with Crippen LogP contribution in [0.3, 0.4) is 0 Å². The first kappa shape index (κ1) is 14.0. The first-order valence-electron chi connectivity index (χ1n) is 4.93. The van der Waals surface area contributed by atoms with E-state index in [1.54, 1.807) is 24.3 Å². The van der Waals surface area contributed by atoms with Gasteiger partial charge in [-0.2, -0.15) is 0 Å². The summed E-state index contributed by atoms with van der Waals surface area (Å²) in [5.41, 5.74) is 0.477. The van der Waals surface area contributed by atoms with Crippen molar-refractivity contribution in [3.05, 3.63) is 34.9 Å². The van der Waals surface area contributed by atoms with E-state index in [9.17, 15) is 13.2 Å². The van der Waals surface area contributed by atoms with Gasteiger partial charge in [-0.1, -0.05) is 11.6 Å². The van der Waals surface area contributed by atoms with Crippen LogP contribution in [0.15, 0.2) is 24.3 Å². The lowest BCUT2D eigenvalue weighted by atomic mass is 10.2. The zero-order chi connectivity index (χ0) is 12.9. The average Bonchev–Trinajstić information content (AvgIpc) is 2.24. The third-order valence-corrected chi connectivity index (χ3v) is 3.11. The Morgan fingerprint density at radius 3 is 2.41 bits per heavy atom. The Kier molecular flexibility index (Phi) is 4.92. The molecule has 7 heteroatoms. The number of nitrogens with two attached hydrogens (primary N) is 1. The average molecular weight is 277 g/mol. The SMILES string of the molecule is NS(=O)(=O)CCCNC(=O)c1ccc(Cl)cc1. The van der Waals surface area contributed by atoms with Gasteiger partial charge in [-0.05, 0) is 30.7 Å². The lowest BCUT2D eigenvalue weighted by Gasteiger charge is -2.04. The van der Waals surface area contributed by atoms with Crippen molar-refractivity contribution in [3.8, 4) is 0 Å². The van der Waals surface area contributed by atoms with Crippen molar-refractivity contribution in [2.45, 2.75) is 6.42 Å². The largest absolute Gasteiger partial charge is 0.352 e. The van der Waals surface area contributed by atoms with Crippen molar-refractivity contribution in [3.63, 3.8) is 0 Å². The van der Waals surface area contributed by atoms with Crippen LogP contribution in [-0.4, -0.2) is 26.6 Å². The smallest absolute Gasteiger partial charge is 0.251 e. The molecule has 0 fully saturated rings. The Bertz CT molecular complexity index is 485. The number of hydrogen-bond acceptors (Lipinski definition) is 3. The highest BCUT2D eigenvalue weighted by Gasteiger charge is 2.06. The molecular weight excluding hydrogens is 264 g/mol. The van der Waals surface area contributed by atoms with Gasteiger partial charge in [0, 0.05) is 17.1 Å². The van der Waals surface area contributed by atoms with Gasteiger partial charge in [-0.25, -0.2) is 13.6 Å². The van der Waals surface area contributed by atoms with Crippen LogP contribution < -0.4 is 10.5 Å². The maximum atomic E-state index is 11.5. The molecule has 1 amide bonds. The second-order valence-corrected chi connectivity index (χ2v) is 5.65. The van der Waals surface area contributed by atoms with E-state index in [1.807, 2.05) is 0 Å². The van der Waals surface area contributed by atoms with Crippen LogP contribution in [0, 0.1) is 0 Å². The molecule has 0 aliphatic heterocycles. The maximum Gasteiger partial charge on any atom is 0.251 e. The minimum Gasteiger partial charge on any atom is -0.352 e. The van der Waals surface area contributed by atoms with E-state index >= 15 is 0 Å². The fraction of sp³-hybridized carbons (Fsp3) is 0.300. The molecule has 0 saturated carbocycles. The summed E-state index contributed by atoms with van der Waals surface area (Å²) < 4.78 is 21.3. The fourth-order valence-corrected chi connectivity index (χ4v) is 1.85. The maximum absolute atomic E-state index is 11.5. The van der Waals surface area contributed by atoms with E-state index in [0.717, 1.165) is 0 Å². The fourth-order valence-electron chi connectivity index (χ4n) is 1.18. The Morgan fingerprint density at radius 1 is 1.29 bits per heavy atom. The number of halogens is 1. The molecule has 0 atom stereocenters. The number of carbonyl (C=O) groups is 1. The topological polar surface area (TPSA) is 89.3 Å². The summed E-state index contributed by atoms with van der Waals surface area (Å²) in [5.74, 6) is -0.412. The van der Waals surface area contributed by atoms with Gasteiger partial charge in [0.2, 0.25) is 10.0 Å². The molecule has 0 heterocycles. The van der Waals surface area contributed by atoms with Gasteiger partial charge in [0.15, 0.2) is 0 Å². The predicted molar refractivity (Wildman–Crippen MR) is 66.4 cm³/mol. The first-order valence-corrected chi connectivity index (χ1v) is 7.02. The zero-order valence-corrected chi connectivity index (χ0v) is 10.6. The van der Waals surface area contributed by atoms with Gasteiger partial charge >= 0.3 is 0 Å². The molecule has 0 radical (unpaired) electrons. The number of benzene rings is 1. The Morgan fingerprint density at radius 2 is 1.88 bits per heavy atom. The Balaban J connectivity index is 2.38. The molecule has 0 aliphatic rings. The van der Waals surface area contributed by atoms with Crippen LogP contribution in [0.1, 0.15) is 16.8 Å². The minimum absolute atomic E-state index is 0.145. The van der Waals surface area contributed by atoms with Gasteiger partial charge in [0.25, 0.3) is 5.91 Å². The number of carbonyl (C=O) groups excluding carboxylic acids is 1. The van der Waals surface area contributed by atoms with Crippen LogP contribution in [0.4, 0.5) is 0 Å². The van der Waals surface area contributed by atoms with Gasteiger partial charge in [0.05, 0.1) is 5.75 Å². The molecule has 0 saturated heterocycles. The summed E-state index contributed by atoms with van der Waals surface area (Å²) in [4.78, 5) is 11.5. The van der Waals surface area contributed by atoms with Crippen LogP contribution in [0.2, 0.25) is 5.02 Å². The summed E-state index contributed by atoms with van der Waals surface area (Å²) in [6.07, 6.45) is 0.290. The molecule has 0 aliphatic carbocycles. The van der Waals surface area contributed by atoms with E-state index in [1.165, 1.54) is 0 Å². The van der Waals surface area contributed by atoms with Crippen molar-refractivity contribution >= 4 is 27.5 Å². The quantitative estimate of drug-likeness (QED) is 0.778. The molecule has 0 bridgehead atoms. The van der Waals surface area contributed by atoms with Crippen molar-refractivity contribution in [2.24, 2.45) is 5.14 Å². The Hall–Kier alpha value is -1.11. The standard InChI is InChI=1S/C10H13ClN2O3S/c11-9-4-2-8(3-5-9)10(14)13-6-1-7-17(12,15)16/h2-5H,1,6-7H2,(H,13,14)(H2,12,15,16).